The topological polar surface area (TPSA) is 70.1 Å². The van der Waals surface area contributed by atoms with Crippen LogP contribution in [-0.2, 0) is 4.79 Å². The van der Waals surface area contributed by atoms with E-state index in [0.29, 0.717) is 20.8 Å². The smallest absolute Gasteiger partial charge is 0.250 e. The molecule has 1 aromatic heterocycles. The Labute approximate surface area is 152 Å². The van der Waals surface area contributed by atoms with E-state index >= 15 is 0 Å². The molecule has 0 spiro atoms. The number of benzene rings is 2. The van der Waals surface area contributed by atoms with Crippen LogP contribution in [0.3, 0.4) is 0 Å². The number of carbonyl (C=O) groups is 1. The minimum atomic E-state index is -0.234. The number of para-hydroxylation sites is 2. The standard InChI is InChI=1S/C16H12Cl2N4OS/c17-11-6-5-10(12(18)7-11)8-19-22-15(23)9-24-16-20-13-3-1-2-4-14(13)21-16/h1-8H,9H2,(H,20,21)(H,22,23). The van der Waals surface area contributed by atoms with E-state index in [1.54, 1.807) is 18.2 Å². The van der Waals surface area contributed by atoms with Gasteiger partial charge in [0.1, 0.15) is 0 Å². The fraction of sp³-hybridized carbons (Fsp3) is 0.0625. The highest BCUT2D eigenvalue weighted by molar-refractivity contribution is 7.99. The number of thioether (sulfide) groups is 1. The molecule has 0 saturated carbocycles. The average molecular weight is 379 g/mol. The number of H-pyrrole nitrogens is 1. The summed E-state index contributed by atoms with van der Waals surface area (Å²) >= 11 is 13.1. The van der Waals surface area contributed by atoms with Crippen LogP contribution in [0.1, 0.15) is 5.56 Å². The van der Waals surface area contributed by atoms with E-state index in [0.717, 1.165) is 11.0 Å². The van der Waals surface area contributed by atoms with Gasteiger partial charge in [0.05, 0.1) is 28.0 Å². The number of hydrazone groups is 1. The van der Waals surface area contributed by atoms with Gasteiger partial charge in [-0.15, -0.1) is 0 Å². The lowest BCUT2D eigenvalue weighted by atomic mass is 10.2. The third kappa shape index (κ3) is 4.29. The summed E-state index contributed by atoms with van der Waals surface area (Å²) in [6, 6.07) is 12.7. The second kappa shape index (κ2) is 7.70. The van der Waals surface area contributed by atoms with Crippen molar-refractivity contribution >= 4 is 58.1 Å². The van der Waals surface area contributed by atoms with Crippen molar-refractivity contribution in [2.45, 2.75) is 5.16 Å². The molecule has 24 heavy (non-hydrogen) atoms. The normalized spacial score (nSPS) is 11.2. The quantitative estimate of drug-likeness (QED) is 0.398. The molecule has 0 aliphatic carbocycles. The van der Waals surface area contributed by atoms with Crippen LogP contribution < -0.4 is 5.43 Å². The van der Waals surface area contributed by atoms with Gasteiger partial charge in [-0.1, -0.05) is 53.2 Å². The zero-order valence-electron chi connectivity index (χ0n) is 12.3. The van der Waals surface area contributed by atoms with Crippen molar-refractivity contribution in [3.8, 4) is 0 Å². The van der Waals surface area contributed by atoms with Gasteiger partial charge in [-0.25, -0.2) is 10.4 Å². The lowest BCUT2D eigenvalue weighted by Gasteiger charge is -2.00. The monoisotopic (exact) mass is 378 g/mol. The average Bonchev–Trinajstić information content (AvgIpc) is 2.98. The molecular formula is C16H12Cl2N4OS. The lowest BCUT2D eigenvalue weighted by molar-refractivity contribution is -0.118. The number of rotatable bonds is 5. The molecule has 3 aromatic rings. The van der Waals surface area contributed by atoms with Crippen LogP contribution in [0.25, 0.3) is 11.0 Å². The van der Waals surface area contributed by atoms with Crippen molar-refractivity contribution in [2.24, 2.45) is 5.10 Å². The van der Waals surface area contributed by atoms with Crippen LogP contribution >= 0.6 is 35.0 Å². The van der Waals surface area contributed by atoms with Crippen molar-refractivity contribution in [1.82, 2.24) is 15.4 Å². The molecule has 0 saturated heterocycles. The van der Waals surface area contributed by atoms with Gasteiger partial charge in [0.25, 0.3) is 5.91 Å². The fourth-order valence-electron chi connectivity index (χ4n) is 1.94. The summed E-state index contributed by atoms with van der Waals surface area (Å²) in [6.07, 6.45) is 1.47. The molecule has 2 N–H and O–H groups in total. The van der Waals surface area contributed by atoms with E-state index in [1.165, 1.54) is 18.0 Å². The minimum Gasteiger partial charge on any atom is -0.333 e. The summed E-state index contributed by atoms with van der Waals surface area (Å²) in [5, 5.41) is 5.60. The molecule has 0 unspecified atom stereocenters. The first kappa shape index (κ1) is 16.8. The Kier molecular flexibility index (Phi) is 5.40. The Bertz CT molecular complexity index is 877. The summed E-state index contributed by atoms with van der Waals surface area (Å²) < 4.78 is 0. The number of aromatic nitrogens is 2. The first-order chi connectivity index (χ1) is 11.6. The molecule has 1 heterocycles. The predicted molar refractivity (Wildman–Crippen MR) is 99.0 cm³/mol. The summed E-state index contributed by atoms with van der Waals surface area (Å²) in [7, 11) is 0. The van der Waals surface area contributed by atoms with Crippen molar-refractivity contribution in [3.63, 3.8) is 0 Å². The predicted octanol–water partition coefficient (Wildman–Crippen LogP) is 4.11. The molecule has 1 amide bonds. The number of halogens is 2. The van der Waals surface area contributed by atoms with Gasteiger partial charge in [0.2, 0.25) is 0 Å². The molecule has 0 aliphatic heterocycles. The van der Waals surface area contributed by atoms with Crippen molar-refractivity contribution in [3.05, 3.63) is 58.1 Å². The second-order valence-electron chi connectivity index (χ2n) is 4.81. The number of carbonyl (C=O) groups excluding carboxylic acids is 1. The Morgan fingerprint density at radius 1 is 1.29 bits per heavy atom. The van der Waals surface area contributed by atoms with E-state index in [1.807, 2.05) is 24.3 Å². The SMILES string of the molecule is O=C(CSc1nc2ccccc2[nH]1)NN=Cc1ccc(Cl)cc1Cl. The van der Waals surface area contributed by atoms with Crippen molar-refractivity contribution < 1.29 is 4.79 Å². The number of hydrogen-bond donors (Lipinski definition) is 2. The zero-order valence-corrected chi connectivity index (χ0v) is 14.6. The maximum atomic E-state index is 11.8. The van der Waals surface area contributed by atoms with Crippen LogP contribution in [0.15, 0.2) is 52.7 Å². The van der Waals surface area contributed by atoms with Gasteiger partial charge in [0.15, 0.2) is 5.16 Å². The Hall–Kier alpha value is -2.02. The van der Waals surface area contributed by atoms with Gasteiger partial charge in [-0.2, -0.15) is 5.10 Å². The molecule has 0 atom stereocenters. The maximum absolute atomic E-state index is 11.8. The van der Waals surface area contributed by atoms with Crippen molar-refractivity contribution in [1.29, 1.82) is 0 Å². The van der Waals surface area contributed by atoms with E-state index in [4.69, 9.17) is 23.2 Å². The second-order valence-corrected chi connectivity index (χ2v) is 6.61. The molecular weight excluding hydrogens is 367 g/mol. The number of imidazole rings is 1. The van der Waals surface area contributed by atoms with Crippen LogP contribution in [0.4, 0.5) is 0 Å². The summed E-state index contributed by atoms with van der Waals surface area (Å²) in [4.78, 5) is 19.4. The Morgan fingerprint density at radius 2 is 2.12 bits per heavy atom. The number of aromatic amines is 1. The van der Waals surface area contributed by atoms with E-state index in [9.17, 15) is 4.79 Å². The van der Waals surface area contributed by atoms with Crippen LogP contribution in [0.2, 0.25) is 10.0 Å². The lowest BCUT2D eigenvalue weighted by Crippen LogP contribution is -2.19. The first-order valence-corrected chi connectivity index (χ1v) is 8.70. The number of nitrogens with one attached hydrogen (secondary N) is 2. The van der Waals surface area contributed by atoms with Gasteiger partial charge >= 0.3 is 0 Å². The third-order valence-electron chi connectivity index (χ3n) is 3.06. The molecule has 3 rings (SSSR count). The third-order valence-corrected chi connectivity index (χ3v) is 4.50. The number of nitrogens with zero attached hydrogens (tertiary/aromatic N) is 2. The van der Waals surface area contributed by atoms with Crippen LogP contribution in [0, 0.1) is 0 Å². The molecule has 0 radical (unpaired) electrons. The first-order valence-electron chi connectivity index (χ1n) is 6.96. The molecule has 5 nitrogen and oxygen atoms in total. The zero-order chi connectivity index (χ0) is 16.9. The van der Waals surface area contributed by atoms with E-state index < -0.39 is 0 Å². The number of hydrogen-bond acceptors (Lipinski definition) is 4. The van der Waals surface area contributed by atoms with E-state index in [2.05, 4.69) is 20.5 Å². The summed E-state index contributed by atoms with van der Waals surface area (Å²) in [5.41, 5.74) is 4.94. The molecule has 0 bridgehead atoms. The molecule has 0 fully saturated rings. The minimum absolute atomic E-state index is 0.200. The molecule has 122 valence electrons. The highest BCUT2D eigenvalue weighted by atomic mass is 35.5. The molecule has 8 heteroatoms. The van der Waals surface area contributed by atoms with E-state index in [-0.39, 0.29) is 11.7 Å². The highest BCUT2D eigenvalue weighted by Gasteiger charge is 2.06. The van der Waals surface area contributed by atoms with Gasteiger partial charge in [-0.3, -0.25) is 4.79 Å². The van der Waals surface area contributed by atoms with Gasteiger partial charge in [0, 0.05) is 10.6 Å². The Balaban J connectivity index is 1.53. The van der Waals surface area contributed by atoms with Crippen molar-refractivity contribution in [2.75, 3.05) is 5.75 Å². The van der Waals surface area contributed by atoms with Gasteiger partial charge < -0.3 is 4.98 Å². The van der Waals surface area contributed by atoms with Gasteiger partial charge in [-0.05, 0) is 24.3 Å². The molecule has 0 aliphatic rings. The summed E-state index contributed by atoms with van der Waals surface area (Å²) in [6.45, 7) is 0. The molecule has 2 aromatic carbocycles. The number of amides is 1. The Morgan fingerprint density at radius 3 is 2.92 bits per heavy atom. The highest BCUT2D eigenvalue weighted by Crippen LogP contribution is 2.20. The largest absolute Gasteiger partial charge is 0.333 e. The fourth-order valence-corrected chi connectivity index (χ4v) is 3.08. The number of fused-ring (bicyclic) bond motifs is 1. The van der Waals surface area contributed by atoms with Crippen LogP contribution in [-0.4, -0.2) is 27.8 Å². The summed E-state index contributed by atoms with van der Waals surface area (Å²) in [5.74, 6) is -0.0345. The maximum Gasteiger partial charge on any atom is 0.250 e. The van der Waals surface area contributed by atoms with Crippen LogP contribution in [0.5, 0.6) is 0 Å².